The fraction of sp³-hybridized carbons (Fsp3) is 0.350. The van der Waals surface area contributed by atoms with E-state index in [1.54, 1.807) is 0 Å². The number of anilines is 1. The first-order valence-electron chi connectivity index (χ1n) is 9.44. The molecule has 0 bridgehead atoms. The van der Waals surface area contributed by atoms with E-state index in [-0.39, 0.29) is 10.4 Å². The van der Waals surface area contributed by atoms with Crippen LogP contribution in [0.2, 0.25) is 0 Å². The lowest BCUT2D eigenvalue weighted by Crippen LogP contribution is -2.47. The van der Waals surface area contributed by atoms with E-state index in [1.807, 2.05) is 0 Å². The molecule has 13 heteroatoms. The van der Waals surface area contributed by atoms with Crippen molar-refractivity contribution in [1.29, 1.82) is 0 Å². The summed E-state index contributed by atoms with van der Waals surface area (Å²) in [6.45, 7) is 1.79. The van der Waals surface area contributed by atoms with Crippen molar-refractivity contribution in [2.75, 3.05) is 5.32 Å². The fourth-order valence-electron chi connectivity index (χ4n) is 3.81. The van der Waals surface area contributed by atoms with E-state index in [9.17, 15) is 41.9 Å². The van der Waals surface area contributed by atoms with Gasteiger partial charge in [-0.3, -0.25) is 9.59 Å². The van der Waals surface area contributed by atoms with E-state index in [1.165, 1.54) is 0 Å². The smallest absolute Gasteiger partial charge is 0.417 e. The van der Waals surface area contributed by atoms with Gasteiger partial charge < -0.3 is 26.1 Å². The second-order valence-corrected chi connectivity index (χ2v) is 7.74. The second-order valence-electron chi connectivity index (χ2n) is 7.74. The summed E-state index contributed by atoms with van der Waals surface area (Å²) < 4.78 is 74.2. The lowest BCUT2D eigenvalue weighted by Gasteiger charge is -2.31. The van der Waals surface area contributed by atoms with Gasteiger partial charge in [-0.2, -0.15) is 22.3 Å². The first-order chi connectivity index (χ1) is 15.2. The SMILES string of the molecule is C[C@@H]1[C@@H](c2ccc(F)c(F)c2O)[C@H](C(=O)Nc2cc[n+]([O-])c(C(N)=O)c2)O[C@@]1(C)C(F)(F)F. The first-order valence-corrected chi connectivity index (χ1v) is 9.44. The van der Waals surface area contributed by atoms with Crippen molar-refractivity contribution in [3.05, 3.63) is 58.6 Å². The van der Waals surface area contributed by atoms with Crippen molar-refractivity contribution < 1.29 is 46.1 Å². The van der Waals surface area contributed by atoms with Gasteiger partial charge >= 0.3 is 12.1 Å². The molecule has 0 saturated carbocycles. The Bertz CT molecular complexity index is 1130. The molecule has 1 aromatic carbocycles. The molecule has 0 aliphatic carbocycles. The molecule has 0 radical (unpaired) electrons. The number of rotatable bonds is 4. The molecule has 33 heavy (non-hydrogen) atoms. The molecule has 1 aliphatic rings. The Morgan fingerprint density at radius 1 is 1.27 bits per heavy atom. The minimum atomic E-state index is -4.96. The number of aromatic hydroxyl groups is 1. The molecule has 2 heterocycles. The predicted octanol–water partition coefficient (Wildman–Crippen LogP) is 2.48. The maximum atomic E-state index is 14.0. The van der Waals surface area contributed by atoms with Gasteiger partial charge in [-0.15, -0.1) is 0 Å². The summed E-state index contributed by atoms with van der Waals surface area (Å²) in [5.41, 5.74) is 1.00. The number of alkyl halides is 3. The first kappa shape index (κ1) is 24.2. The monoisotopic (exact) mass is 475 g/mol. The average Bonchev–Trinajstić information content (AvgIpc) is 3.00. The summed E-state index contributed by atoms with van der Waals surface area (Å²) in [6, 6.07) is 3.44. The highest BCUT2D eigenvalue weighted by molar-refractivity contribution is 5.97. The molecule has 4 atom stereocenters. The van der Waals surface area contributed by atoms with Crippen molar-refractivity contribution in [2.24, 2.45) is 11.7 Å². The van der Waals surface area contributed by atoms with Crippen LogP contribution in [-0.2, 0) is 9.53 Å². The summed E-state index contributed by atoms with van der Waals surface area (Å²) >= 11 is 0. The number of aromatic nitrogens is 1. The van der Waals surface area contributed by atoms with Crippen LogP contribution in [0.4, 0.5) is 27.6 Å². The number of amides is 2. The minimum absolute atomic E-state index is 0.120. The number of hydrogen-bond acceptors (Lipinski definition) is 5. The molecule has 3 rings (SSSR count). The number of carbonyl (C=O) groups is 2. The molecule has 1 aromatic heterocycles. The Kier molecular flexibility index (Phi) is 5.96. The number of benzene rings is 1. The molecule has 0 unspecified atom stereocenters. The van der Waals surface area contributed by atoms with E-state index >= 15 is 0 Å². The van der Waals surface area contributed by atoms with Gasteiger partial charge in [-0.05, 0) is 13.0 Å². The van der Waals surface area contributed by atoms with Gasteiger partial charge in [0.2, 0.25) is 5.82 Å². The molecule has 2 amide bonds. The van der Waals surface area contributed by atoms with Crippen LogP contribution < -0.4 is 15.8 Å². The molecule has 1 aliphatic heterocycles. The number of halogens is 5. The number of nitrogens with two attached hydrogens (primary N) is 1. The van der Waals surface area contributed by atoms with E-state index < -0.39 is 70.2 Å². The lowest BCUT2D eigenvalue weighted by molar-refractivity contribution is -0.607. The zero-order valence-corrected chi connectivity index (χ0v) is 17.1. The third kappa shape index (κ3) is 4.03. The highest BCUT2D eigenvalue weighted by atomic mass is 19.4. The van der Waals surface area contributed by atoms with Gasteiger partial charge in [0.15, 0.2) is 23.4 Å². The molecule has 0 spiro atoms. The summed E-state index contributed by atoms with van der Waals surface area (Å²) in [4.78, 5) is 24.3. The Balaban J connectivity index is 2.05. The minimum Gasteiger partial charge on any atom is -0.618 e. The van der Waals surface area contributed by atoms with E-state index in [0.717, 1.165) is 31.3 Å². The van der Waals surface area contributed by atoms with Gasteiger partial charge in [-0.25, -0.2) is 4.39 Å². The molecular weight excluding hydrogens is 457 g/mol. The standard InChI is InChI=1S/C20H18F5N3O5/c1-8-13(10-3-4-11(21)14(22)15(10)29)16(33-19(8,2)20(23,24)25)18(31)27-9-5-6-28(32)12(7-9)17(26)30/h3-8,13,16,29H,1-2H3,(H2,26,30)(H,27,31)/t8-,13+,16-,19-/m1/s1. The van der Waals surface area contributed by atoms with Gasteiger partial charge in [0.1, 0.15) is 6.10 Å². The van der Waals surface area contributed by atoms with Crippen LogP contribution in [0.1, 0.15) is 35.8 Å². The third-order valence-corrected chi connectivity index (χ3v) is 5.83. The molecular formula is C20H18F5N3O5. The highest BCUT2D eigenvalue weighted by Crippen LogP contribution is 2.54. The third-order valence-electron chi connectivity index (χ3n) is 5.83. The maximum Gasteiger partial charge on any atom is 0.417 e. The average molecular weight is 475 g/mol. The van der Waals surface area contributed by atoms with Gasteiger partial charge in [0.25, 0.3) is 11.6 Å². The summed E-state index contributed by atoms with van der Waals surface area (Å²) in [7, 11) is 0. The van der Waals surface area contributed by atoms with Crippen molar-refractivity contribution in [3.63, 3.8) is 0 Å². The zero-order valence-electron chi connectivity index (χ0n) is 17.1. The van der Waals surface area contributed by atoms with Crippen molar-refractivity contribution in [3.8, 4) is 5.75 Å². The Labute approximate surface area is 183 Å². The number of phenolic OH excluding ortho intramolecular Hbond substituents is 1. The second kappa shape index (κ2) is 8.14. The summed E-state index contributed by atoms with van der Waals surface area (Å²) in [5.74, 6) is -9.71. The van der Waals surface area contributed by atoms with Crippen LogP contribution in [0.3, 0.4) is 0 Å². The number of phenols is 1. The fourth-order valence-corrected chi connectivity index (χ4v) is 3.81. The van der Waals surface area contributed by atoms with Gasteiger partial charge in [-0.1, -0.05) is 13.0 Å². The van der Waals surface area contributed by atoms with Crippen LogP contribution in [-0.4, -0.2) is 34.8 Å². The van der Waals surface area contributed by atoms with Crippen LogP contribution in [0.15, 0.2) is 30.5 Å². The number of pyridine rings is 1. The number of primary amides is 1. The van der Waals surface area contributed by atoms with Crippen LogP contribution >= 0.6 is 0 Å². The normalized spacial score (nSPS) is 25.1. The van der Waals surface area contributed by atoms with Crippen molar-refractivity contribution in [1.82, 2.24) is 0 Å². The predicted molar refractivity (Wildman–Crippen MR) is 102 cm³/mol. The largest absolute Gasteiger partial charge is 0.618 e. The maximum absolute atomic E-state index is 14.0. The molecule has 178 valence electrons. The highest BCUT2D eigenvalue weighted by Gasteiger charge is 2.65. The Morgan fingerprint density at radius 2 is 1.91 bits per heavy atom. The van der Waals surface area contributed by atoms with Crippen molar-refractivity contribution in [2.45, 2.75) is 37.6 Å². The molecule has 2 aromatic rings. The van der Waals surface area contributed by atoms with E-state index in [2.05, 4.69) is 5.32 Å². The van der Waals surface area contributed by atoms with Crippen LogP contribution in [0.5, 0.6) is 5.75 Å². The number of ether oxygens (including phenoxy) is 1. The summed E-state index contributed by atoms with van der Waals surface area (Å²) in [5, 5.41) is 23.9. The summed E-state index contributed by atoms with van der Waals surface area (Å²) in [6.07, 6.45) is -6.04. The Hall–Kier alpha value is -3.48. The van der Waals surface area contributed by atoms with Gasteiger partial charge in [0.05, 0.1) is 5.69 Å². The number of carbonyl (C=O) groups excluding carboxylic acids is 2. The van der Waals surface area contributed by atoms with Gasteiger partial charge in [0, 0.05) is 29.5 Å². The topological polar surface area (TPSA) is 129 Å². The van der Waals surface area contributed by atoms with E-state index in [0.29, 0.717) is 13.0 Å². The molecule has 1 fully saturated rings. The van der Waals surface area contributed by atoms with E-state index in [4.69, 9.17) is 10.5 Å². The lowest BCUT2D eigenvalue weighted by atomic mass is 9.77. The van der Waals surface area contributed by atoms with Crippen LogP contribution in [0, 0.1) is 22.8 Å². The molecule has 8 nitrogen and oxygen atoms in total. The van der Waals surface area contributed by atoms with Crippen molar-refractivity contribution >= 4 is 17.5 Å². The number of nitrogens with zero attached hydrogens (tertiary/aromatic N) is 1. The number of nitrogens with one attached hydrogen (secondary N) is 1. The molecule has 1 saturated heterocycles. The Morgan fingerprint density at radius 3 is 2.48 bits per heavy atom. The van der Waals surface area contributed by atoms with Crippen LogP contribution in [0.25, 0.3) is 0 Å². The quantitative estimate of drug-likeness (QED) is 0.356. The number of hydrogen-bond donors (Lipinski definition) is 3. The molecule has 4 N–H and O–H groups in total. The zero-order chi connectivity index (χ0) is 24.9.